The normalized spacial score (nSPS) is 12.2. The molecule has 1 unspecified atom stereocenters. The molecule has 3 heteroatoms. The lowest BCUT2D eigenvalue weighted by Crippen LogP contribution is -2.18. The third-order valence-corrected chi connectivity index (χ3v) is 3.03. The topological polar surface area (TPSA) is 35.2 Å². The zero-order valence-corrected chi connectivity index (χ0v) is 11.9. The van der Waals surface area contributed by atoms with E-state index in [1.807, 2.05) is 49.4 Å². The summed E-state index contributed by atoms with van der Waals surface area (Å²) in [5.41, 5.74) is 6.98. The molecule has 0 radical (unpaired) electrons. The molecular weight excluding hydrogens is 290 g/mol. The van der Waals surface area contributed by atoms with E-state index in [4.69, 9.17) is 10.5 Å². The number of benzene rings is 2. The molecular formula is C15H16BrNO. The zero-order valence-electron chi connectivity index (χ0n) is 10.3. The van der Waals surface area contributed by atoms with Gasteiger partial charge in [-0.3, -0.25) is 0 Å². The van der Waals surface area contributed by atoms with Crippen LogP contribution in [0.15, 0.2) is 53.0 Å². The van der Waals surface area contributed by atoms with Gasteiger partial charge in [-0.1, -0.05) is 40.2 Å². The van der Waals surface area contributed by atoms with Crippen LogP contribution in [0.1, 0.15) is 12.5 Å². The van der Waals surface area contributed by atoms with Crippen molar-refractivity contribution in [2.24, 2.45) is 5.73 Å². The monoisotopic (exact) mass is 305 g/mol. The summed E-state index contributed by atoms with van der Waals surface area (Å²) in [6.45, 7) is 2.00. The van der Waals surface area contributed by atoms with Crippen molar-refractivity contribution < 1.29 is 4.74 Å². The van der Waals surface area contributed by atoms with Crippen LogP contribution in [0.4, 0.5) is 0 Å². The van der Waals surface area contributed by atoms with E-state index in [1.54, 1.807) is 0 Å². The van der Waals surface area contributed by atoms with Crippen molar-refractivity contribution in [2.45, 2.75) is 19.4 Å². The zero-order chi connectivity index (χ0) is 13.0. The van der Waals surface area contributed by atoms with E-state index in [-0.39, 0.29) is 6.04 Å². The predicted molar refractivity (Wildman–Crippen MR) is 78.0 cm³/mol. The Kier molecular flexibility index (Phi) is 4.39. The summed E-state index contributed by atoms with van der Waals surface area (Å²) in [6, 6.07) is 15.9. The maximum Gasteiger partial charge on any atom is 0.130 e. The Hall–Kier alpha value is -1.32. The molecule has 0 heterocycles. The molecule has 2 N–H and O–H groups in total. The van der Waals surface area contributed by atoms with Gasteiger partial charge in [0.25, 0.3) is 0 Å². The summed E-state index contributed by atoms with van der Waals surface area (Å²) in [6.07, 6.45) is 0.810. The number of para-hydroxylation sites is 1. The maximum atomic E-state index is 5.91. The molecule has 2 aromatic carbocycles. The molecule has 0 saturated carbocycles. The summed E-state index contributed by atoms with van der Waals surface area (Å²) >= 11 is 3.43. The number of halogens is 1. The quantitative estimate of drug-likeness (QED) is 0.921. The van der Waals surface area contributed by atoms with Crippen LogP contribution in [-0.4, -0.2) is 6.04 Å². The summed E-state index contributed by atoms with van der Waals surface area (Å²) in [7, 11) is 0. The molecule has 94 valence electrons. The van der Waals surface area contributed by atoms with Crippen molar-refractivity contribution in [1.82, 2.24) is 0 Å². The van der Waals surface area contributed by atoms with Gasteiger partial charge in [0.2, 0.25) is 0 Å². The SMILES string of the molecule is CC(N)Cc1ccccc1Oc1cccc(Br)c1. The second-order valence-electron chi connectivity index (χ2n) is 4.35. The Morgan fingerprint density at radius 2 is 1.94 bits per heavy atom. The van der Waals surface area contributed by atoms with Crippen molar-refractivity contribution in [3.63, 3.8) is 0 Å². The van der Waals surface area contributed by atoms with E-state index < -0.39 is 0 Å². The predicted octanol–water partition coefficient (Wildman–Crippen LogP) is 4.13. The molecule has 0 fully saturated rings. The second kappa shape index (κ2) is 6.03. The van der Waals surface area contributed by atoms with Crippen LogP contribution in [0.2, 0.25) is 0 Å². The molecule has 0 aliphatic rings. The molecule has 0 amide bonds. The minimum absolute atomic E-state index is 0.122. The lowest BCUT2D eigenvalue weighted by Gasteiger charge is -2.12. The molecule has 0 aliphatic heterocycles. The first-order chi connectivity index (χ1) is 8.65. The Labute approximate surface area is 116 Å². The van der Waals surface area contributed by atoms with Crippen LogP contribution < -0.4 is 10.5 Å². The van der Waals surface area contributed by atoms with Gasteiger partial charge in [0.1, 0.15) is 11.5 Å². The number of rotatable bonds is 4. The van der Waals surface area contributed by atoms with Crippen molar-refractivity contribution in [2.75, 3.05) is 0 Å². The summed E-state index contributed by atoms with van der Waals surface area (Å²) in [5.74, 6) is 1.69. The van der Waals surface area contributed by atoms with Gasteiger partial charge in [-0.15, -0.1) is 0 Å². The lowest BCUT2D eigenvalue weighted by molar-refractivity contribution is 0.473. The van der Waals surface area contributed by atoms with E-state index in [0.29, 0.717) is 0 Å². The third kappa shape index (κ3) is 3.59. The molecule has 0 aliphatic carbocycles. The Morgan fingerprint density at radius 3 is 2.67 bits per heavy atom. The molecule has 2 aromatic rings. The highest BCUT2D eigenvalue weighted by atomic mass is 79.9. The molecule has 0 bridgehead atoms. The van der Waals surface area contributed by atoms with Gasteiger partial charge >= 0.3 is 0 Å². The van der Waals surface area contributed by atoms with Crippen LogP contribution in [0, 0.1) is 0 Å². The molecule has 0 spiro atoms. The molecule has 0 saturated heterocycles. The molecule has 2 nitrogen and oxygen atoms in total. The molecule has 0 aromatic heterocycles. The van der Waals surface area contributed by atoms with Crippen molar-refractivity contribution in [3.8, 4) is 11.5 Å². The average Bonchev–Trinajstić information content (AvgIpc) is 2.31. The van der Waals surface area contributed by atoms with Crippen molar-refractivity contribution in [1.29, 1.82) is 0 Å². The first-order valence-electron chi connectivity index (χ1n) is 5.92. The highest BCUT2D eigenvalue weighted by Crippen LogP contribution is 2.27. The van der Waals surface area contributed by atoms with E-state index in [9.17, 15) is 0 Å². The van der Waals surface area contributed by atoms with Crippen LogP contribution in [0.5, 0.6) is 11.5 Å². The fraction of sp³-hybridized carbons (Fsp3) is 0.200. The van der Waals surface area contributed by atoms with Gasteiger partial charge < -0.3 is 10.5 Å². The average molecular weight is 306 g/mol. The van der Waals surface area contributed by atoms with Crippen LogP contribution >= 0.6 is 15.9 Å². The van der Waals surface area contributed by atoms with Gasteiger partial charge in [-0.2, -0.15) is 0 Å². The third-order valence-electron chi connectivity index (χ3n) is 2.54. The fourth-order valence-electron chi connectivity index (χ4n) is 1.78. The van der Waals surface area contributed by atoms with E-state index in [1.165, 1.54) is 0 Å². The smallest absolute Gasteiger partial charge is 0.130 e. The first-order valence-corrected chi connectivity index (χ1v) is 6.71. The first kappa shape index (κ1) is 13.1. The highest BCUT2D eigenvalue weighted by Gasteiger charge is 2.06. The van der Waals surface area contributed by atoms with Crippen LogP contribution in [-0.2, 0) is 6.42 Å². The maximum absolute atomic E-state index is 5.91. The number of hydrogen-bond acceptors (Lipinski definition) is 2. The second-order valence-corrected chi connectivity index (χ2v) is 5.26. The van der Waals surface area contributed by atoms with E-state index in [0.717, 1.165) is 28.0 Å². The van der Waals surface area contributed by atoms with Gasteiger partial charge in [0.15, 0.2) is 0 Å². The fourth-order valence-corrected chi connectivity index (χ4v) is 2.15. The standard InChI is InChI=1S/C15H16BrNO/c1-11(17)9-12-5-2-3-8-15(12)18-14-7-4-6-13(16)10-14/h2-8,10-11H,9,17H2,1H3. The minimum Gasteiger partial charge on any atom is -0.457 e. The van der Waals surface area contributed by atoms with Crippen LogP contribution in [0.3, 0.4) is 0 Å². The Morgan fingerprint density at radius 1 is 1.17 bits per heavy atom. The van der Waals surface area contributed by atoms with Crippen molar-refractivity contribution >= 4 is 15.9 Å². The largest absolute Gasteiger partial charge is 0.457 e. The lowest BCUT2D eigenvalue weighted by atomic mass is 10.1. The van der Waals surface area contributed by atoms with Crippen LogP contribution in [0.25, 0.3) is 0 Å². The van der Waals surface area contributed by atoms with Gasteiger partial charge in [0.05, 0.1) is 0 Å². The minimum atomic E-state index is 0.122. The summed E-state index contributed by atoms with van der Waals surface area (Å²) < 4.78 is 6.91. The molecule has 2 rings (SSSR count). The van der Waals surface area contributed by atoms with Gasteiger partial charge in [-0.05, 0) is 43.2 Å². The summed E-state index contributed by atoms with van der Waals surface area (Å²) in [4.78, 5) is 0. The Bertz CT molecular complexity index is 525. The van der Waals surface area contributed by atoms with Gasteiger partial charge in [0, 0.05) is 10.5 Å². The number of nitrogens with two attached hydrogens (primary N) is 1. The van der Waals surface area contributed by atoms with E-state index >= 15 is 0 Å². The number of ether oxygens (including phenoxy) is 1. The van der Waals surface area contributed by atoms with E-state index in [2.05, 4.69) is 22.0 Å². The molecule has 18 heavy (non-hydrogen) atoms. The Balaban J connectivity index is 2.23. The molecule has 1 atom stereocenters. The number of hydrogen-bond donors (Lipinski definition) is 1. The summed E-state index contributed by atoms with van der Waals surface area (Å²) in [5, 5.41) is 0. The van der Waals surface area contributed by atoms with Crippen molar-refractivity contribution in [3.05, 3.63) is 58.6 Å². The highest BCUT2D eigenvalue weighted by molar-refractivity contribution is 9.10. The van der Waals surface area contributed by atoms with Gasteiger partial charge in [-0.25, -0.2) is 0 Å².